The summed E-state index contributed by atoms with van der Waals surface area (Å²) in [6, 6.07) is 0. The van der Waals surface area contributed by atoms with E-state index in [1.54, 1.807) is 6.92 Å². The van der Waals surface area contributed by atoms with Gasteiger partial charge in [-0.3, -0.25) is 19.2 Å². The van der Waals surface area contributed by atoms with E-state index in [0.717, 1.165) is 0 Å². The summed E-state index contributed by atoms with van der Waals surface area (Å²) < 4.78 is 25.5. The predicted octanol–water partition coefficient (Wildman–Crippen LogP) is 0.241. The van der Waals surface area contributed by atoms with Crippen LogP contribution < -0.4 is 0 Å². The maximum absolute atomic E-state index is 11.2. The molecular formula is C17H28O11. The van der Waals surface area contributed by atoms with Gasteiger partial charge in [-0.15, -0.1) is 0 Å². The van der Waals surface area contributed by atoms with E-state index in [4.69, 9.17) is 33.9 Å². The topological polar surface area (TPSA) is 155 Å². The van der Waals surface area contributed by atoms with Crippen LogP contribution >= 0.6 is 0 Å². The standard InChI is InChI=1S/C17H28O11/c1-13(26-10-11-28-17(23)5-3-15(20)21)12-25-7-6-24-8-9-27-16(22)4-2-14(18)19/h13H,2-12H2,1H3,(H,18,19)(H,20,21). The van der Waals surface area contributed by atoms with Gasteiger partial charge in [0.1, 0.15) is 13.2 Å². The lowest BCUT2D eigenvalue weighted by Gasteiger charge is -2.13. The highest BCUT2D eigenvalue weighted by Crippen LogP contribution is 1.96. The van der Waals surface area contributed by atoms with Crippen molar-refractivity contribution in [3.8, 4) is 0 Å². The Morgan fingerprint density at radius 1 is 0.679 bits per heavy atom. The van der Waals surface area contributed by atoms with Gasteiger partial charge in [0, 0.05) is 0 Å². The summed E-state index contributed by atoms with van der Waals surface area (Å²) in [5.41, 5.74) is 0. The van der Waals surface area contributed by atoms with Gasteiger partial charge in [-0.2, -0.15) is 0 Å². The molecule has 28 heavy (non-hydrogen) atoms. The van der Waals surface area contributed by atoms with Gasteiger partial charge in [0.25, 0.3) is 0 Å². The van der Waals surface area contributed by atoms with E-state index in [1.165, 1.54) is 0 Å². The average Bonchev–Trinajstić information content (AvgIpc) is 2.63. The van der Waals surface area contributed by atoms with Crippen molar-refractivity contribution >= 4 is 23.9 Å². The lowest BCUT2D eigenvalue weighted by molar-refractivity contribution is -0.149. The molecule has 0 aliphatic carbocycles. The fraction of sp³-hybridized carbons (Fsp3) is 0.765. The molecule has 0 aromatic rings. The molecule has 0 aliphatic rings. The highest BCUT2D eigenvalue weighted by atomic mass is 16.6. The molecule has 2 N–H and O–H groups in total. The number of hydrogen-bond donors (Lipinski definition) is 2. The van der Waals surface area contributed by atoms with Crippen LogP contribution in [0.3, 0.4) is 0 Å². The first-order valence-electron chi connectivity index (χ1n) is 8.83. The third kappa shape index (κ3) is 18.5. The molecule has 0 saturated carbocycles. The first-order valence-corrected chi connectivity index (χ1v) is 8.83. The van der Waals surface area contributed by atoms with Crippen LogP contribution in [0.4, 0.5) is 0 Å². The second kappa shape index (κ2) is 16.9. The number of rotatable bonds is 18. The van der Waals surface area contributed by atoms with Crippen LogP contribution in [0.25, 0.3) is 0 Å². The highest BCUT2D eigenvalue weighted by molar-refractivity contribution is 5.77. The first kappa shape index (κ1) is 25.8. The molecule has 1 atom stereocenters. The monoisotopic (exact) mass is 408 g/mol. The summed E-state index contributed by atoms with van der Waals surface area (Å²) in [5.74, 6) is -3.28. The molecule has 0 aromatic heterocycles. The fourth-order valence-corrected chi connectivity index (χ4v) is 1.70. The molecule has 11 nitrogen and oxygen atoms in total. The molecule has 0 spiro atoms. The van der Waals surface area contributed by atoms with Crippen LogP contribution in [0, 0.1) is 0 Å². The van der Waals surface area contributed by atoms with E-state index in [0.29, 0.717) is 19.8 Å². The SMILES string of the molecule is CC(COCCOCCOC(=O)CCC(=O)O)OCCOC(=O)CCC(=O)O. The second-order valence-electron chi connectivity index (χ2n) is 5.60. The Kier molecular flexibility index (Phi) is 15.5. The molecule has 0 bridgehead atoms. The molecule has 0 aliphatic heterocycles. The number of ether oxygens (including phenoxy) is 5. The molecule has 1 unspecified atom stereocenters. The quantitative estimate of drug-likeness (QED) is 0.237. The molecule has 0 rings (SSSR count). The summed E-state index contributed by atoms with van der Waals surface area (Å²) in [6.07, 6.45) is -1.10. The van der Waals surface area contributed by atoms with Crippen molar-refractivity contribution in [2.45, 2.75) is 38.7 Å². The largest absolute Gasteiger partial charge is 0.481 e. The fourth-order valence-electron chi connectivity index (χ4n) is 1.70. The Balaban J connectivity index is 3.40. The smallest absolute Gasteiger partial charge is 0.306 e. The third-order valence-corrected chi connectivity index (χ3v) is 3.05. The van der Waals surface area contributed by atoms with Gasteiger partial charge in [0.05, 0.1) is 64.8 Å². The van der Waals surface area contributed by atoms with Crippen molar-refractivity contribution in [3.05, 3.63) is 0 Å². The molecule has 0 aromatic carbocycles. The lowest BCUT2D eigenvalue weighted by atomic mass is 10.3. The van der Waals surface area contributed by atoms with Gasteiger partial charge in [-0.25, -0.2) is 0 Å². The van der Waals surface area contributed by atoms with Crippen LogP contribution in [0.1, 0.15) is 32.6 Å². The van der Waals surface area contributed by atoms with Gasteiger partial charge in [-0.05, 0) is 6.92 Å². The number of carbonyl (C=O) groups excluding carboxylic acids is 2. The minimum atomic E-state index is -1.06. The van der Waals surface area contributed by atoms with E-state index in [1.807, 2.05) is 0 Å². The van der Waals surface area contributed by atoms with E-state index in [9.17, 15) is 19.2 Å². The van der Waals surface area contributed by atoms with E-state index in [-0.39, 0.29) is 58.2 Å². The number of esters is 2. The number of carboxylic acid groups (broad SMARTS) is 2. The van der Waals surface area contributed by atoms with Crippen molar-refractivity contribution < 1.29 is 53.1 Å². The maximum atomic E-state index is 11.2. The van der Waals surface area contributed by atoms with Crippen molar-refractivity contribution in [2.75, 3.05) is 46.2 Å². The minimum Gasteiger partial charge on any atom is -0.481 e. The summed E-state index contributed by atoms with van der Waals surface area (Å²) in [4.78, 5) is 42.9. The van der Waals surface area contributed by atoms with E-state index >= 15 is 0 Å². The molecular weight excluding hydrogens is 380 g/mol. The zero-order chi connectivity index (χ0) is 21.2. The molecule has 11 heteroatoms. The normalized spacial score (nSPS) is 11.6. The Morgan fingerprint density at radius 3 is 1.68 bits per heavy atom. The predicted molar refractivity (Wildman–Crippen MR) is 92.7 cm³/mol. The number of carboxylic acids is 2. The minimum absolute atomic E-state index is 0.0388. The van der Waals surface area contributed by atoms with E-state index in [2.05, 4.69) is 0 Å². The Hall–Kier alpha value is -2.24. The van der Waals surface area contributed by atoms with Gasteiger partial charge in [0.2, 0.25) is 0 Å². The van der Waals surface area contributed by atoms with Crippen molar-refractivity contribution in [3.63, 3.8) is 0 Å². The molecule has 0 fully saturated rings. The molecule has 0 heterocycles. The zero-order valence-electron chi connectivity index (χ0n) is 15.9. The van der Waals surface area contributed by atoms with Crippen LogP contribution in [0.2, 0.25) is 0 Å². The van der Waals surface area contributed by atoms with Crippen LogP contribution in [0.5, 0.6) is 0 Å². The van der Waals surface area contributed by atoms with E-state index < -0.39 is 23.9 Å². The summed E-state index contributed by atoms with van der Waals surface area (Å²) in [7, 11) is 0. The third-order valence-electron chi connectivity index (χ3n) is 3.05. The second-order valence-corrected chi connectivity index (χ2v) is 5.60. The molecule has 0 radical (unpaired) electrons. The average molecular weight is 408 g/mol. The lowest BCUT2D eigenvalue weighted by Crippen LogP contribution is -2.21. The zero-order valence-corrected chi connectivity index (χ0v) is 15.9. The number of aliphatic carboxylic acids is 2. The van der Waals surface area contributed by atoms with Crippen molar-refractivity contribution in [2.24, 2.45) is 0 Å². The van der Waals surface area contributed by atoms with Gasteiger partial charge >= 0.3 is 23.9 Å². The van der Waals surface area contributed by atoms with Crippen LogP contribution in [-0.4, -0.2) is 86.4 Å². The van der Waals surface area contributed by atoms with Gasteiger partial charge in [-0.1, -0.05) is 0 Å². The van der Waals surface area contributed by atoms with Crippen molar-refractivity contribution in [1.29, 1.82) is 0 Å². The highest BCUT2D eigenvalue weighted by Gasteiger charge is 2.08. The van der Waals surface area contributed by atoms with Gasteiger partial charge in [0.15, 0.2) is 0 Å². The molecule has 0 saturated heterocycles. The summed E-state index contributed by atoms with van der Waals surface area (Å²) >= 11 is 0. The first-order chi connectivity index (χ1) is 13.3. The maximum Gasteiger partial charge on any atom is 0.306 e. The Labute approximate surface area is 162 Å². The van der Waals surface area contributed by atoms with Crippen LogP contribution in [-0.2, 0) is 42.9 Å². The Morgan fingerprint density at radius 2 is 1.14 bits per heavy atom. The Bertz CT molecular complexity index is 478. The number of carbonyl (C=O) groups is 4. The molecule has 0 amide bonds. The van der Waals surface area contributed by atoms with Crippen LogP contribution in [0.15, 0.2) is 0 Å². The summed E-state index contributed by atoms with van der Waals surface area (Å²) in [6.45, 7) is 3.13. The summed E-state index contributed by atoms with van der Waals surface area (Å²) in [5, 5.41) is 16.9. The number of hydrogen-bond acceptors (Lipinski definition) is 9. The van der Waals surface area contributed by atoms with Gasteiger partial charge < -0.3 is 33.9 Å². The van der Waals surface area contributed by atoms with Crippen molar-refractivity contribution in [1.82, 2.24) is 0 Å². The molecule has 162 valence electrons.